The molecule has 1 unspecified atom stereocenters. The summed E-state index contributed by atoms with van der Waals surface area (Å²) in [5, 5.41) is 15.6. The van der Waals surface area contributed by atoms with Gasteiger partial charge in [-0.1, -0.05) is 6.92 Å². The van der Waals surface area contributed by atoms with Crippen molar-refractivity contribution in [2.45, 2.75) is 25.6 Å². The van der Waals surface area contributed by atoms with Crippen molar-refractivity contribution in [1.29, 1.82) is 0 Å². The van der Waals surface area contributed by atoms with Gasteiger partial charge in [0.25, 0.3) is 0 Å². The first-order chi connectivity index (χ1) is 12.1. The number of ether oxygens (including phenoxy) is 1. The Morgan fingerprint density at radius 3 is 2.72 bits per heavy atom. The van der Waals surface area contributed by atoms with Crippen LogP contribution >= 0.6 is 11.8 Å². The molecular weight excluding hydrogens is 338 g/mol. The lowest BCUT2D eigenvalue weighted by Gasteiger charge is -2.26. The molecule has 1 aliphatic heterocycles. The molecule has 9 heteroatoms. The van der Waals surface area contributed by atoms with Crippen LogP contribution in [0.15, 0.2) is 4.99 Å². The van der Waals surface area contributed by atoms with Crippen LogP contribution in [-0.2, 0) is 18.3 Å². The van der Waals surface area contributed by atoms with E-state index in [0.29, 0.717) is 11.8 Å². The Kier molecular flexibility index (Phi) is 8.50. The summed E-state index contributed by atoms with van der Waals surface area (Å²) in [4.78, 5) is 7.08. The summed E-state index contributed by atoms with van der Waals surface area (Å²) in [6.07, 6.45) is 2.12. The third-order valence-corrected chi connectivity index (χ3v) is 5.32. The molecular formula is C16H31N7OS. The number of thioether (sulfide) groups is 1. The van der Waals surface area contributed by atoms with E-state index in [9.17, 15) is 0 Å². The van der Waals surface area contributed by atoms with Gasteiger partial charge in [0, 0.05) is 45.0 Å². The first kappa shape index (κ1) is 20.0. The molecule has 1 aromatic rings. The summed E-state index contributed by atoms with van der Waals surface area (Å²) >= 11 is 1.84. The molecule has 2 heterocycles. The minimum atomic E-state index is 0.512. The van der Waals surface area contributed by atoms with E-state index in [1.54, 1.807) is 0 Å². The highest BCUT2D eigenvalue weighted by atomic mass is 32.2. The lowest BCUT2D eigenvalue weighted by molar-refractivity contribution is 0.0389. The Hall–Kier alpha value is -1.32. The SMILES string of the molecule is CSC(C)CNC(=NCc1nnc(C)n1C)NCCN1CCOCC1. The number of rotatable bonds is 8. The molecule has 1 fully saturated rings. The van der Waals surface area contributed by atoms with Gasteiger partial charge in [-0.25, -0.2) is 4.99 Å². The molecule has 0 radical (unpaired) electrons. The van der Waals surface area contributed by atoms with Gasteiger partial charge >= 0.3 is 0 Å². The first-order valence-electron chi connectivity index (χ1n) is 8.80. The van der Waals surface area contributed by atoms with Gasteiger partial charge in [0.1, 0.15) is 12.4 Å². The average molecular weight is 370 g/mol. The second-order valence-electron chi connectivity index (χ2n) is 6.20. The predicted molar refractivity (Wildman–Crippen MR) is 103 cm³/mol. The van der Waals surface area contributed by atoms with E-state index >= 15 is 0 Å². The Morgan fingerprint density at radius 1 is 1.32 bits per heavy atom. The first-order valence-corrected chi connectivity index (χ1v) is 10.1. The van der Waals surface area contributed by atoms with E-state index in [-0.39, 0.29) is 0 Å². The third-order valence-electron chi connectivity index (χ3n) is 4.34. The summed E-state index contributed by atoms with van der Waals surface area (Å²) in [7, 11) is 1.97. The van der Waals surface area contributed by atoms with Crippen molar-refractivity contribution in [3.8, 4) is 0 Å². The summed E-state index contributed by atoms with van der Waals surface area (Å²) < 4.78 is 7.36. The number of hydrogen-bond acceptors (Lipinski definition) is 6. The third kappa shape index (κ3) is 6.83. The molecule has 0 aliphatic carbocycles. The van der Waals surface area contributed by atoms with Gasteiger partial charge in [-0.3, -0.25) is 4.90 Å². The Morgan fingerprint density at radius 2 is 2.08 bits per heavy atom. The zero-order chi connectivity index (χ0) is 18.1. The minimum absolute atomic E-state index is 0.512. The van der Waals surface area contributed by atoms with Crippen LogP contribution < -0.4 is 10.6 Å². The number of guanidine groups is 1. The van der Waals surface area contributed by atoms with Crippen LogP contribution in [0.1, 0.15) is 18.6 Å². The second-order valence-corrected chi connectivity index (χ2v) is 7.47. The van der Waals surface area contributed by atoms with Crippen LogP contribution in [0.5, 0.6) is 0 Å². The molecule has 1 aliphatic rings. The molecule has 1 atom stereocenters. The summed E-state index contributed by atoms with van der Waals surface area (Å²) in [6, 6.07) is 0. The van der Waals surface area contributed by atoms with Crippen molar-refractivity contribution < 1.29 is 4.74 Å². The highest BCUT2D eigenvalue weighted by Crippen LogP contribution is 2.03. The van der Waals surface area contributed by atoms with Crippen LogP contribution in [0, 0.1) is 6.92 Å². The maximum atomic E-state index is 5.39. The standard InChI is InChI=1S/C16H31N7OS/c1-13(25-4)11-18-16(17-5-6-23-7-9-24-10-8-23)19-12-15-21-20-14(2)22(15)3/h13H,5-12H2,1-4H3,(H2,17,18,19). The second kappa shape index (κ2) is 10.6. The van der Waals surface area contributed by atoms with Crippen LogP contribution in [0.4, 0.5) is 0 Å². The number of aromatic nitrogens is 3. The maximum absolute atomic E-state index is 5.39. The van der Waals surface area contributed by atoms with Crippen molar-refractivity contribution in [1.82, 2.24) is 30.3 Å². The lowest BCUT2D eigenvalue weighted by Crippen LogP contribution is -2.45. The molecule has 1 saturated heterocycles. The van der Waals surface area contributed by atoms with Gasteiger partial charge in [0.05, 0.1) is 13.2 Å². The van der Waals surface area contributed by atoms with Gasteiger partial charge < -0.3 is 19.9 Å². The number of morpholine rings is 1. The van der Waals surface area contributed by atoms with Crippen LogP contribution in [-0.4, -0.2) is 83.1 Å². The van der Waals surface area contributed by atoms with Gasteiger partial charge in [-0.2, -0.15) is 11.8 Å². The zero-order valence-corrected chi connectivity index (χ0v) is 16.6. The summed E-state index contributed by atoms with van der Waals surface area (Å²) in [6.45, 7) is 11.1. The van der Waals surface area contributed by atoms with Gasteiger partial charge in [-0.15, -0.1) is 10.2 Å². The molecule has 0 amide bonds. The topological polar surface area (TPSA) is 79.6 Å². The highest BCUT2D eigenvalue weighted by molar-refractivity contribution is 7.99. The molecule has 142 valence electrons. The predicted octanol–water partition coefficient (Wildman–Crippen LogP) is 0.242. The number of aryl methyl sites for hydroxylation is 1. The van der Waals surface area contributed by atoms with Crippen molar-refractivity contribution >= 4 is 17.7 Å². The molecule has 25 heavy (non-hydrogen) atoms. The van der Waals surface area contributed by atoms with Crippen LogP contribution in [0.3, 0.4) is 0 Å². The molecule has 1 aromatic heterocycles. The fourth-order valence-corrected chi connectivity index (χ4v) is 2.64. The van der Waals surface area contributed by atoms with Crippen molar-refractivity contribution in [3.63, 3.8) is 0 Å². The zero-order valence-electron chi connectivity index (χ0n) is 15.8. The van der Waals surface area contributed by atoms with Crippen LogP contribution in [0.2, 0.25) is 0 Å². The molecule has 0 spiro atoms. The fraction of sp³-hybridized carbons (Fsp3) is 0.812. The Bertz CT molecular complexity index is 543. The fourth-order valence-electron chi connectivity index (χ4n) is 2.39. The maximum Gasteiger partial charge on any atom is 0.191 e. The quantitative estimate of drug-likeness (QED) is 0.502. The minimum Gasteiger partial charge on any atom is -0.379 e. The monoisotopic (exact) mass is 369 g/mol. The molecule has 0 aromatic carbocycles. The van der Waals surface area contributed by atoms with E-state index in [4.69, 9.17) is 4.74 Å². The Balaban J connectivity index is 1.86. The van der Waals surface area contributed by atoms with E-state index in [0.717, 1.165) is 63.5 Å². The molecule has 2 rings (SSSR count). The van der Waals surface area contributed by atoms with Gasteiger partial charge in [0.2, 0.25) is 0 Å². The smallest absolute Gasteiger partial charge is 0.191 e. The van der Waals surface area contributed by atoms with Crippen molar-refractivity contribution in [2.75, 3.05) is 52.2 Å². The van der Waals surface area contributed by atoms with E-state index < -0.39 is 0 Å². The lowest BCUT2D eigenvalue weighted by atomic mass is 10.4. The van der Waals surface area contributed by atoms with E-state index in [1.165, 1.54) is 0 Å². The van der Waals surface area contributed by atoms with Crippen molar-refractivity contribution in [2.24, 2.45) is 12.0 Å². The molecule has 8 nitrogen and oxygen atoms in total. The number of nitrogens with one attached hydrogen (secondary N) is 2. The largest absolute Gasteiger partial charge is 0.379 e. The number of hydrogen-bond donors (Lipinski definition) is 2. The normalized spacial score (nSPS) is 17.5. The molecule has 2 N–H and O–H groups in total. The number of nitrogens with zero attached hydrogens (tertiary/aromatic N) is 5. The highest BCUT2D eigenvalue weighted by Gasteiger charge is 2.10. The molecule has 0 bridgehead atoms. The van der Waals surface area contributed by atoms with E-state index in [2.05, 4.69) is 43.9 Å². The Labute approximate surface area is 154 Å². The van der Waals surface area contributed by atoms with E-state index in [1.807, 2.05) is 30.3 Å². The van der Waals surface area contributed by atoms with Crippen LogP contribution in [0.25, 0.3) is 0 Å². The summed E-state index contributed by atoms with van der Waals surface area (Å²) in [5.41, 5.74) is 0. The number of aliphatic imine (C=N–C) groups is 1. The van der Waals surface area contributed by atoms with Gasteiger partial charge in [0.15, 0.2) is 11.8 Å². The van der Waals surface area contributed by atoms with Gasteiger partial charge in [-0.05, 0) is 13.2 Å². The van der Waals surface area contributed by atoms with Crippen molar-refractivity contribution in [3.05, 3.63) is 11.6 Å². The molecule has 0 saturated carbocycles. The average Bonchev–Trinajstić information content (AvgIpc) is 2.96. The summed E-state index contributed by atoms with van der Waals surface area (Å²) in [5.74, 6) is 2.59.